The van der Waals surface area contributed by atoms with E-state index in [-0.39, 0.29) is 11.8 Å². The smallest absolute Gasteiger partial charge is 0.265 e. The molecule has 2 aromatic carbocycles. The molecule has 1 aliphatic rings. The Bertz CT molecular complexity index is 1070. The van der Waals surface area contributed by atoms with Gasteiger partial charge >= 0.3 is 0 Å². The predicted octanol–water partition coefficient (Wildman–Crippen LogP) is 3.46. The molecule has 1 atom stereocenters. The zero-order valence-corrected chi connectivity index (χ0v) is 15.8. The first-order chi connectivity index (χ1) is 13.4. The molecule has 0 saturated carbocycles. The molecule has 7 nitrogen and oxygen atoms in total. The molecule has 142 valence electrons. The Morgan fingerprint density at radius 1 is 1.14 bits per heavy atom. The van der Waals surface area contributed by atoms with E-state index < -0.39 is 6.10 Å². The Morgan fingerprint density at radius 3 is 2.57 bits per heavy atom. The van der Waals surface area contributed by atoms with Crippen LogP contribution in [0.1, 0.15) is 28.7 Å². The summed E-state index contributed by atoms with van der Waals surface area (Å²) in [7, 11) is 0. The average Bonchev–Trinajstić information content (AvgIpc) is 3.01. The van der Waals surface area contributed by atoms with E-state index in [9.17, 15) is 9.59 Å². The van der Waals surface area contributed by atoms with Gasteiger partial charge in [-0.3, -0.25) is 9.59 Å². The summed E-state index contributed by atoms with van der Waals surface area (Å²) in [4.78, 5) is 24.3. The summed E-state index contributed by atoms with van der Waals surface area (Å²) in [6.07, 6.45) is -0.534. The number of fused-ring (bicyclic) bond motifs is 1. The molecule has 1 aromatic heterocycles. The molecular formula is C21H20N4O3. The molecule has 4 rings (SSSR count). The minimum Gasteiger partial charge on any atom is -0.479 e. The van der Waals surface area contributed by atoms with E-state index in [1.54, 1.807) is 37.3 Å². The van der Waals surface area contributed by atoms with Crippen molar-refractivity contribution >= 4 is 23.2 Å². The Morgan fingerprint density at radius 2 is 1.89 bits per heavy atom. The molecule has 28 heavy (non-hydrogen) atoms. The first-order valence-electron chi connectivity index (χ1n) is 8.97. The molecule has 0 fully saturated rings. The van der Waals surface area contributed by atoms with Gasteiger partial charge in [-0.05, 0) is 69.3 Å². The Hall–Kier alpha value is -3.61. The van der Waals surface area contributed by atoms with E-state index in [4.69, 9.17) is 4.74 Å². The van der Waals surface area contributed by atoms with Gasteiger partial charge in [0.1, 0.15) is 5.75 Å². The molecule has 0 radical (unpaired) electrons. The van der Waals surface area contributed by atoms with Crippen LogP contribution in [0.4, 0.5) is 11.4 Å². The van der Waals surface area contributed by atoms with Crippen molar-refractivity contribution in [1.29, 1.82) is 0 Å². The maximum atomic E-state index is 12.6. The summed E-state index contributed by atoms with van der Waals surface area (Å²) < 4.78 is 7.36. The van der Waals surface area contributed by atoms with Gasteiger partial charge < -0.3 is 15.4 Å². The first-order valence-corrected chi connectivity index (χ1v) is 8.97. The van der Waals surface area contributed by atoms with Gasteiger partial charge in [0.2, 0.25) is 0 Å². The lowest BCUT2D eigenvalue weighted by Crippen LogP contribution is -2.34. The highest BCUT2D eigenvalue weighted by molar-refractivity contribution is 6.05. The fourth-order valence-electron chi connectivity index (χ4n) is 3.13. The molecule has 3 aromatic rings. The second-order valence-electron chi connectivity index (χ2n) is 6.80. The molecule has 2 heterocycles. The van der Waals surface area contributed by atoms with Crippen molar-refractivity contribution in [2.45, 2.75) is 26.9 Å². The number of carbonyl (C=O) groups is 2. The number of nitrogens with zero attached hydrogens (tertiary/aromatic N) is 2. The van der Waals surface area contributed by atoms with Gasteiger partial charge in [-0.15, -0.1) is 0 Å². The number of nitrogens with one attached hydrogen (secondary N) is 2. The molecule has 1 unspecified atom stereocenters. The van der Waals surface area contributed by atoms with E-state index in [1.807, 2.05) is 36.7 Å². The van der Waals surface area contributed by atoms with E-state index in [0.29, 0.717) is 22.7 Å². The molecule has 0 bridgehead atoms. The van der Waals surface area contributed by atoms with Crippen molar-refractivity contribution in [3.05, 3.63) is 65.5 Å². The van der Waals surface area contributed by atoms with Gasteiger partial charge in [0.05, 0.1) is 17.1 Å². The fraction of sp³-hybridized carbons (Fsp3) is 0.190. The van der Waals surface area contributed by atoms with Crippen molar-refractivity contribution in [3.8, 4) is 11.4 Å². The highest BCUT2D eigenvalue weighted by atomic mass is 16.5. The number of rotatable bonds is 3. The third-order valence-electron chi connectivity index (χ3n) is 4.55. The SMILES string of the molecule is Cc1cc(C)n(-c2ccc(C(=O)Nc3ccc4c(c3)NC(=O)C(C)O4)cc2)n1. The van der Waals surface area contributed by atoms with Crippen LogP contribution in [0.5, 0.6) is 5.75 Å². The minimum atomic E-state index is -0.534. The minimum absolute atomic E-state index is 0.212. The first kappa shape index (κ1) is 17.8. The quantitative estimate of drug-likeness (QED) is 0.733. The largest absolute Gasteiger partial charge is 0.479 e. The third-order valence-corrected chi connectivity index (χ3v) is 4.55. The van der Waals surface area contributed by atoms with E-state index in [1.165, 1.54) is 0 Å². The zero-order chi connectivity index (χ0) is 19.8. The van der Waals surface area contributed by atoms with Crippen molar-refractivity contribution in [2.75, 3.05) is 10.6 Å². The Balaban J connectivity index is 1.50. The molecular weight excluding hydrogens is 356 g/mol. The number of aromatic nitrogens is 2. The molecule has 2 N–H and O–H groups in total. The lowest BCUT2D eigenvalue weighted by atomic mass is 10.1. The topological polar surface area (TPSA) is 85.2 Å². The fourth-order valence-corrected chi connectivity index (χ4v) is 3.13. The van der Waals surface area contributed by atoms with Crippen molar-refractivity contribution < 1.29 is 14.3 Å². The standard InChI is InChI=1S/C21H20N4O3/c1-12-10-13(2)25(24-12)17-7-4-15(5-8-17)21(27)22-16-6-9-19-18(11-16)23-20(26)14(3)28-19/h4-11,14H,1-3H3,(H,22,27)(H,23,26). The predicted molar refractivity (Wildman–Crippen MR) is 106 cm³/mol. The molecule has 2 amide bonds. The van der Waals surface area contributed by atoms with Gasteiger partial charge in [0, 0.05) is 16.9 Å². The van der Waals surface area contributed by atoms with Gasteiger partial charge in [-0.2, -0.15) is 5.10 Å². The van der Waals surface area contributed by atoms with Crippen molar-refractivity contribution in [1.82, 2.24) is 9.78 Å². The summed E-state index contributed by atoms with van der Waals surface area (Å²) in [5, 5.41) is 10.1. The zero-order valence-electron chi connectivity index (χ0n) is 15.8. The summed E-state index contributed by atoms with van der Waals surface area (Å²) >= 11 is 0. The van der Waals surface area contributed by atoms with Crippen LogP contribution in [0, 0.1) is 13.8 Å². The van der Waals surface area contributed by atoms with Crippen LogP contribution in [0.3, 0.4) is 0 Å². The average molecular weight is 376 g/mol. The van der Waals surface area contributed by atoms with Crippen LogP contribution in [-0.2, 0) is 4.79 Å². The summed E-state index contributed by atoms with van der Waals surface area (Å²) in [5.41, 5.74) is 4.51. The number of aryl methyl sites for hydroxylation is 2. The van der Waals surface area contributed by atoms with Crippen molar-refractivity contribution in [2.24, 2.45) is 0 Å². The second-order valence-corrected chi connectivity index (χ2v) is 6.80. The number of benzene rings is 2. The monoisotopic (exact) mass is 376 g/mol. The number of anilines is 2. The van der Waals surface area contributed by atoms with Crippen molar-refractivity contribution in [3.63, 3.8) is 0 Å². The number of hydrogen-bond acceptors (Lipinski definition) is 4. The van der Waals surface area contributed by atoms with Gasteiger partial charge in [0.25, 0.3) is 11.8 Å². The highest BCUT2D eigenvalue weighted by Gasteiger charge is 2.23. The number of hydrogen-bond donors (Lipinski definition) is 2. The summed E-state index contributed by atoms with van der Waals surface area (Å²) in [5.74, 6) is 0.131. The van der Waals surface area contributed by atoms with Gasteiger partial charge in [-0.1, -0.05) is 0 Å². The van der Waals surface area contributed by atoms with Crippen LogP contribution in [0.15, 0.2) is 48.5 Å². The summed E-state index contributed by atoms with van der Waals surface area (Å²) in [6, 6.07) is 14.4. The van der Waals surface area contributed by atoms with Crippen LogP contribution < -0.4 is 15.4 Å². The van der Waals surface area contributed by atoms with E-state index in [2.05, 4.69) is 15.7 Å². The molecule has 1 aliphatic heterocycles. The third kappa shape index (κ3) is 3.34. The van der Waals surface area contributed by atoms with Crippen LogP contribution in [-0.4, -0.2) is 27.7 Å². The highest BCUT2D eigenvalue weighted by Crippen LogP contribution is 2.32. The molecule has 7 heteroatoms. The lowest BCUT2D eigenvalue weighted by Gasteiger charge is -2.23. The Kier molecular flexibility index (Phi) is 4.35. The molecule has 0 spiro atoms. The number of amides is 2. The van der Waals surface area contributed by atoms with Crippen LogP contribution in [0.25, 0.3) is 5.69 Å². The van der Waals surface area contributed by atoms with Gasteiger partial charge in [0.15, 0.2) is 6.10 Å². The van der Waals surface area contributed by atoms with Gasteiger partial charge in [-0.25, -0.2) is 4.68 Å². The maximum Gasteiger partial charge on any atom is 0.265 e. The number of carbonyl (C=O) groups excluding carboxylic acids is 2. The Labute approximate surface area is 162 Å². The maximum absolute atomic E-state index is 12.6. The van der Waals surface area contributed by atoms with E-state index in [0.717, 1.165) is 17.1 Å². The van der Waals surface area contributed by atoms with Crippen LogP contribution >= 0.6 is 0 Å². The molecule has 0 saturated heterocycles. The second kappa shape index (κ2) is 6.84. The number of ether oxygens (including phenoxy) is 1. The molecule has 0 aliphatic carbocycles. The van der Waals surface area contributed by atoms with Crippen LogP contribution in [0.2, 0.25) is 0 Å². The normalized spacial score (nSPS) is 15.4. The summed E-state index contributed by atoms with van der Waals surface area (Å²) in [6.45, 7) is 5.61. The lowest BCUT2D eigenvalue weighted by molar-refractivity contribution is -0.122. The van der Waals surface area contributed by atoms with E-state index >= 15 is 0 Å².